The fraction of sp³-hybridized carbons (Fsp3) is 0.727. The Bertz CT molecular complexity index is 813. The van der Waals surface area contributed by atoms with Gasteiger partial charge in [0, 0.05) is 36.5 Å². The molecule has 2 amide bonds. The Kier molecular flexibility index (Phi) is 6.60. The number of nitrogens with one attached hydrogen (secondary N) is 1. The maximum absolute atomic E-state index is 13.2. The van der Waals surface area contributed by atoms with Crippen molar-refractivity contribution in [2.45, 2.75) is 82.3 Å². The van der Waals surface area contributed by atoms with Crippen LogP contribution in [0.4, 0.5) is 0 Å². The second kappa shape index (κ2) is 9.38. The first-order valence-corrected chi connectivity index (χ1v) is 11.5. The number of amides is 2. The van der Waals surface area contributed by atoms with E-state index < -0.39 is 12.0 Å². The van der Waals surface area contributed by atoms with E-state index in [1.807, 2.05) is 0 Å². The van der Waals surface area contributed by atoms with E-state index in [0.717, 1.165) is 44.3 Å². The normalized spacial score (nSPS) is 28.8. The van der Waals surface area contributed by atoms with Gasteiger partial charge in [0.25, 0.3) is 5.91 Å². The van der Waals surface area contributed by atoms with E-state index in [4.69, 9.17) is 15.0 Å². The zero-order chi connectivity index (χ0) is 22.0. The number of likely N-dealkylation sites (tertiary alicyclic amines) is 1. The molecular weight excluding hydrogens is 400 g/mol. The molecule has 3 fully saturated rings. The van der Waals surface area contributed by atoms with Gasteiger partial charge in [-0.3, -0.25) is 9.59 Å². The first kappa shape index (κ1) is 21.8. The summed E-state index contributed by atoms with van der Waals surface area (Å²) in [7, 11) is 0. The molecule has 1 aromatic heterocycles. The Balaban J connectivity index is 1.40. The lowest BCUT2D eigenvalue weighted by Gasteiger charge is -2.40. The van der Waals surface area contributed by atoms with Crippen molar-refractivity contribution >= 4 is 17.8 Å². The van der Waals surface area contributed by atoms with E-state index in [9.17, 15) is 14.4 Å². The van der Waals surface area contributed by atoms with Crippen molar-refractivity contribution in [3.63, 3.8) is 0 Å². The summed E-state index contributed by atoms with van der Waals surface area (Å²) in [6.45, 7) is 2.40. The van der Waals surface area contributed by atoms with Crippen molar-refractivity contribution in [3.05, 3.63) is 17.5 Å². The van der Waals surface area contributed by atoms with Gasteiger partial charge in [0.05, 0.1) is 6.61 Å². The van der Waals surface area contributed by atoms with Crippen LogP contribution < -0.4 is 11.1 Å². The summed E-state index contributed by atoms with van der Waals surface area (Å²) in [5.41, 5.74) is 6.23. The number of aromatic nitrogens is 1. The van der Waals surface area contributed by atoms with Crippen LogP contribution in [-0.2, 0) is 14.3 Å². The van der Waals surface area contributed by atoms with Crippen molar-refractivity contribution in [1.29, 1.82) is 0 Å². The molecule has 1 aliphatic heterocycles. The van der Waals surface area contributed by atoms with Gasteiger partial charge in [-0.05, 0) is 58.3 Å². The number of esters is 1. The number of hydrogen-bond acceptors (Lipinski definition) is 7. The number of piperidine rings is 1. The lowest BCUT2D eigenvalue weighted by molar-refractivity contribution is -0.159. The fourth-order valence-electron chi connectivity index (χ4n) is 4.64. The van der Waals surface area contributed by atoms with Crippen LogP contribution in [0, 0.1) is 5.92 Å². The zero-order valence-corrected chi connectivity index (χ0v) is 18.0. The van der Waals surface area contributed by atoms with Gasteiger partial charge in [-0.25, -0.2) is 4.79 Å². The summed E-state index contributed by atoms with van der Waals surface area (Å²) < 4.78 is 10.5. The number of nitrogens with two attached hydrogens (primary N) is 1. The number of nitrogens with zero attached hydrogens (tertiary/aromatic N) is 2. The minimum Gasteiger partial charge on any atom is -0.464 e. The molecule has 2 atom stereocenters. The maximum atomic E-state index is 13.2. The Morgan fingerprint density at radius 2 is 1.94 bits per heavy atom. The third kappa shape index (κ3) is 5.08. The molecule has 0 radical (unpaired) electrons. The molecular formula is C22H32N4O5. The minimum absolute atomic E-state index is 0.000283. The lowest BCUT2D eigenvalue weighted by Crippen LogP contribution is -2.56. The van der Waals surface area contributed by atoms with Gasteiger partial charge in [-0.2, -0.15) is 0 Å². The third-order valence-corrected chi connectivity index (χ3v) is 6.64. The average molecular weight is 433 g/mol. The van der Waals surface area contributed by atoms with Gasteiger partial charge in [0.1, 0.15) is 11.8 Å². The predicted molar refractivity (Wildman–Crippen MR) is 111 cm³/mol. The molecule has 3 aliphatic rings. The van der Waals surface area contributed by atoms with Gasteiger partial charge < -0.3 is 25.2 Å². The van der Waals surface area contributed by atoms with Crippen LogP contribution in [0.3, 0.4) is 0 Å². The molecule has 9 nitrogen and oxygen atoms in total. The third-order valence-electron chi connectivity index (χ3n) is 6.64. The van der Waals surface area contributed by atoms with Crippen LogP contribution in [0.2, 0.25) is 0 Å². The highest BCUT2D eigenvalue weighted by atomic mass is 16.5. The van der Waals surface area contributed by atoms with E-state index in [2.05, 4.69) is 10.5 Å². The molecule has 2 heterocycles. The van der Waals surface area contributed by atoms with Gasteiger partial charge >= 0.3 is 5.97 Å². The number of carbonyl (C=O) groups is 3. The Hall–Kier alpha value is -2.42. The van der Waals surface area contributed by atoms with Gasteiger partial charge in [-0.15, -0.1) is 0 Å². The van der Waals surface area contributed by atoms with Crippen LogP contribution in [-0.4, -0.2) is 59.1 Å². The molecule has 1 saturated heterocycles. The summed E-state index contributed by atoms with van der Waals surface area (Å²) in [5.74, 6) is 0.302. The summed E-state index contributed by atoms with van der Waals surface area (Å²) in [4.78, 5) is 40.1. The summed E-state index contributed by atoms with van der Waals surface area (Å²) in [6.07, 6.45) is 6.20. The van der Waals surface area contributed by atoms with E-state index in [0.29, 0.717) is 25.3 Å². The van der Waals surface area contributed by atoms with Crippen LogP contribution >= 0.6 is 0 Å². The number of carbonyl (C=O) groups excluding carboxylic acids is 3. The Morgan fingerprint density at radius 1 is 1.19 bits per heavy atom. The monoisotopic (exact) mass is 432 g/mol. The molecule has 0 aromatic carbocycles. The van der Waals surface area contributed by atoms with E-state index in [-0.39, 0.29) is 42.1 Å². The van der Waals surface area contributed by atoms with Crippen molar-refractivity contribution in [1.82, 2.24) is 15.4 Å². The van der Waals surface area contributed by atoms with Gasteiger partial charge in [0.2, 0.25) is 5.91 Å². The molecule has 2 aliphatic carbocycles. The molecule has 0 bridgehead atoms. The molecule has 4 rings (SSSR count). The summed E-state index contributed by atoms with van der Waals surface area (Å²) in [6, 6.07) is 0.915. The van der Waals surface area contributed by atoms with Gasteiger partial charge in [0.15, 0.2) is 5.69 Å². The molecule has 1 aromatic rings. The highest BCUT2D eigenvalue weighted by molar-refractivity contribution is 5.92. The van der Waals surface area contributed by atoms with Crippen molar-refractivity contribution in [2.24, 2.45) is 11.7 Å². The van der Waals surface area contributed by atoms with Crippen molar-refractivity contribution in [2.75, 3.05) is 13.2 Å². The molecule has 170 valence electrons. The standard InChI is InChI=1S/C22H32N4O5/c1-2-30-22(29)18-11-16(24-20(27)17-12-19(31-25-17)13-3-4-13)9-10-26(18)21(28)14-5-7-15(23)8-6-14/h12-16,18H,2-11,23H2,1H3,(H,24,27)/t14?,15?,16?,18-/m0/s1. The SMILES string of the molecule is CCOC(=O)[C@@H]1CC(NC(=O)c2cc(C3CC3)on2)CCN1C(=O)C1CCC(N)CC1. The fourth-order valence-corrected chi connectivity index (χ4v) is 4.64. The lowest BCUT2D eigenvalue weighted by atomic mass is 9.84. The quantitative estimate of drug-likeness (QED) is 0.655. The minimum atomic E-state index is -0.693. The van der Waals surface area contributed by atoms with Crippen LogP contribution in [0.25, 0.3) is 0 Å². The first-order valence-electron chi connectivity index (χ1n) is 11.5. The molecule has 3 N–H and O–H groups in total. The maximum Gasteiger partial charge on any atom is 0.328 e. The highest BCUT2D eigenvalue weighted by Crippen LogP contribution is 2.40. The average Bonchev–Trinajstić information content (AvgIpc) is 3.50. The van der Waals surface area contributed by atoms with Gasteiger partial charge in [-0.1, -0.05) is 5.16 Å². The first-order chi connectivity index (χ1) is 15.0. The Labute approximate surface area is 182 Å². The largest absolute Gasteiger partial charge is 0.464 e. The number of hydrogen-bond donors (Lipinski definition) is 2. The predicted octanol–water partition coefficient (Wildman–Crippen LogP) is 1.72. The number of ether oxygens (including phenoxy) is 1. The summed E-state index contributed by atoms with van der Waals surface area (Å²) in [5, 5.41) is 6.84. The van der Waals surface area contributed by atoms with E-state index in [1.54, 1.807) is 17.9 Å². The Morgan fingerprint density at radius 3 is 2.61 bits per heavy atom. The van der Waals surface area contributed by atoms with Crippen LogP contribution in [0.15, 0.2) is 10.6 Å². The second-order valence-electron chi connectivity index (χ2n) is 8.99. The second-order valence-corrected chi connectivity index (χ2v) is 8.99. The van der Waals surface area contributed by atoms with Crippen LogP contribution in [0.1, 0.15) is 80.5 Å². The smallest absolute Gasteiger partial charge is 0.328 e. The molecule has 31 heavy (non-hydrogen) atoms. The van der Waals surface area contributed by atoms with E-state index >= 15 is 0 Å². The van der Waals surface area contributed by atoms with E-state index in [1.165, 1.54) is 0 Å². The van der Waals surface area contributed by atoms with Crippen molar-refractivity contribution in [3.8, 4) is 0 Å². The topological polar surface area (TPSA) is 128 Å². The van der Waals surface area contributed by atoms with Crippen molar-refractivity contribution < 1.29 is 23.6 Å². The molecule has 1 unspecified atom stereocenters. The summed E-state index contributed by atoms with van der Waals surface area (Å²) >= 11 is 0. The number of rotatable bonds is 6. The highest BCUT2D eigenvalue weighted by Gasteiger charge is 2.40. The molecule has 2 saturated carbocycles. The zero-order valence-electron chi connectivity index (χ0n) is 18.0. The molecule has 0 spiro atoms. The van der Waals surface area contributed by atoms with Crippen LogP contribution in [0.5, 0.6) is 0 Å². The molecule has 9 heteroatoms.